The van der Waals surface area contributed by atoms with Crippen LogP contribution in [0, 0.1) is 36.5 Å². The van der Waals surface area contributed by atoms with Gasteiger partial charge >= 0.3 is 0 Å². The Hall–Kier alpha value is -2.93. The molecule has 0 saturated heterocycles. The maximum atomic E-state index is 9.61. The predicted molar refractivity (Wildman–Crippen MR) is 104 cm³/mol. The maximum Gasteiger partial charge on any atom is 0.0998 e. The lowest BCUT2D eigenvalue weighted by atomic mass is 10.1. The first kappa shape index (κ1) is 16.9. The highest BCUT2D eigenvalue weighted by atomic mass is 31.1. The second-order valence-corrected chi connectivity index (χ2v) is 7.93. The molecule has 3 aromatic carbocycles. The van der Waals surface area contributed by atoms with Crippen molar-refractivity contribution in [1.29, 1.82) is 10.5 Å². The van der Waals surface area contributed by atoms with Gasteiger partial charge in [-0.05, 0) is 50.3 Å². The monoisotopic (exact) mass is 340 g/mol. The molecule has 0 bridgehead atoms. The van der Waals surface area contributed by atoms with Crippen LogP contribution in [0.4, 0.5) is 0 Å². The van der Waals surface area contributed by atoms with Gasteiger partial charge in [-0.3, -0.25) is 0 Å². The summed E-state index contributed by atoms with van der Waals surface area (Å²) in [6.45, 7) is 4.21. The van der Waals surface area contributed by atoms with Crippen LogP contribution in [-0.4, -0.2) is 0 Å². The fourth-order valence-corrected chi connectivity index (χ4v) is 5.62. The Morgan fingerprint density at radius 1 is 0.640 bits per heavy atom. The molecule has 0 amide bonds. The number of hydrogen-bond acceptors (Lipinski definition) is 2. The molecule has 0 fully saturated rings. The van der Waals surface area contributed by atoms with Crippen LogP contribution >= 0.6 is 7.92 Å². The largest absolute Gasteiger partial charge is 0.192 e. The van der Waals surface area contributed by atoms with Crippen LogP contribution in [0.2, 0.25) is 0 Å². The van der Waals surface area contributed by atoms with Gasteiger partial charge in [0.2, 0.25) is 0 Å². The van der Waals surface area contributed by atoms with Gasteiger partial charge < -0.3 is 0 Å². The molecule has 120 valence electrons. The summed E-state index contributed by atoms with van der Waals surface area (Å²) >= 11 is 0. The molecule has 0 radical (unpaired) electrons. The first-order valence-corrected chi connectivity index (χ1v) is 9.36. The summed E-state index contributed by atoms with van der Waals surface area (Å²) in [5, 5.41) is 22.4. The summed E-state index contributed by atoms with van der Waals surface area (Å²) < 4.78 is 0. The van der Waals surface area contributed by atoms with Gasteiger partial charge in [0, 0.05) is 10.6 Å². The minimum atomic E-state index is -0.981. The molecule has 2 nitrogen and oxygen atoms in total. The Kier molecular flexibility index (Phi) is 4.95. The van der Waals surface area contributed by atoms with E-state index in [9.17, 15) is 10.5 Å². The molecule has 0 aromatic heterocycles. The third kappa shape index (κ3) is 3.18. The normalized spacial score (nSPS) is 10.3. The first-order chi connectivity index (χ1) is 12.2. The molecule has 0 aliphatic carbocycles. The molecular formula is C22H17N2P. The fraction of sp³-hybridized carbons (Fsp3) is 0.0909. The summed E-state index contributed by atoms with van der Waals surface area (Å²) in [7, 11) is -0.981. The fourth-order valence-electron chi connectivity index (χ4n) is 2.89. The van der Waals surface area contributed by atoms with Crippen LogP contribution in [0.5, 0.6) is 0 Å². The topological polar surface area (TPSA) is 47.6 Å². The van der Waals surface area contributed by atoms with Crippen molar-refractivity contribution < 1.29 is 0 Å². The van der Waals surface area contributed by atoms with Gasteiger partial charge in [-0.15, -0.1) is 0 Å². The van der Waals surface area contributed by atoms with Gasteiger partial charge in [-0.25, -0.2) is 0 Å². The highest BCUT2D eigenvalue weighted by Gasteiger charge is 2.23. The second-order valence-electron chi connectivity index (χ2n) is 5.81. The lowest BCUT2D eigenvalue weighted by molar-refractivity contribution is 1.37. The van der Waals surface area contributed by atoms with E-state index in [0.717, 1.165) is 10.6 Å². The zero-order valence-electron chi connectivity index (χ0n) is 14.2. The van der Waals surface area contributed by atoms with E-state index in [4.69, 9.17) is 0 Å². The van der Waals surface area contributed by atoms with Gasteiger partial charge in [-0.1, -0.05) is 54.6 Å². The summed E-state index contributed by atoms with van der Waals surface area (Å²) in [5.41, 5.74) is 3.77. The Morgan fingerprint density at radius 2 is 1.12 bits per heavy atom. The summed E-state index contributed by atoms with van der Waals surface area (Å²) in [6.07, 6.45) is 0. The van der Waals surface area contributed by atoms with Crippen LogP contribution in [0.25, 0.3) is 0 Å². The SMILES string of the molecule is Cc1cccc(P(c2ccccc2C#N)c2ccccc2C#N)c1C. The van der Waals surface area contributed by atoms with Crippen LogP contribution in [0.3, 0.4) is 0 Å². The van der Waals surface area contributed by atoms with Gasteiger partial charge in [-0.2, -0.15) is 10.5 Å². The van der Waals surface area contributed by atoms with Crippen molar-refractivity contribution in [3.05, 3.63) is 89.0 Å². The number of nitriles is 2. The van der Waals surface area contributed by atoms with Crippen LogP contribution in [-0.2, 0) is 0 Å². The highest BCUT2D eigenvalue weighted by molar-refractivity contribution is 7.80. The quantitative estimate of drug-likeness (QED) is 0.681. The number of rotatable bonds is 3. The molecule has 3 rings (SSSR count). The van der Waals surface area contributed by atoms with Crippen molar-refractivity contribution in [3.63, 3.8) is 0 Å². The van der Waals surface area contributed by atoms with E-state index in [1.54, 1.807) is 0 Å². The van der Waals surface area contributed by atoms with Crippen molar-refractivity contribution in [2.45, 2.75) is 13.8 Å². The summed E-state index contributed by atoms with van der Waals surface area (Å²) in [6, 6.07) is 26.3. The molecule has 0 aliphatic rings. The zero-order valence-corrected chi connectivity index (χ0v) is 15.1. The molecule has 25 heavy (non-hydrogen) atoms. The molecule has 0 N–H and O–H groups in total. The Labute approximate surface area is 149 Å². The van der Waals surface area contributed by atoms with Gasteiger partial charge in [0.15, 0.2) is 0 Å². The maximum absolute atomic E-state index is 9.61. The number of hydrogen-bond donors (Lipinski definition) is 0. The summed E-state index contributed by atoms with van der Waals surface area (Å²) in [4.78, 5) is 0. The molecule has 0 spiro atoms. The van der Waals surface area contributed by atoms with E-state index in [1.165, 1.54) is 16.4 Å². The minimum absolute atomic E-state index is 0.669. The summed E-state index contributed by atoms with van der Waals surface area (Å²) in [5.74, 6) is 0. The van der Waals surface area contributed by atoms with Gasteiger partial charge in [0.1, 0.15) is 0 Å². The van der Waals surface area contributed by atoms with E-state index < -0.39 is 7.92 Å². The molecule has 0 unspecified atom stereocenters. The lowest BCUT2D eigenvalue weighted by Gasteiger charge is -2.23. The van der Waals surface area contributed by atoms with Crippen molar-refractivity contribution in [1.82, 2.24) is 0 Å². The molecular weight excluding hydrogens is 323 g/mol. The number of nitrogens with zero attached hydrogens (tertiary/aromatic N) is 2. The predicted octanol–water partition coefficient (Wildman–Crippen LogP) is 3.81. The van der Waals surface area contributed by atoms with Gasteiger partial charge in [0.25, 0.3) is 0 Å². The Balaban J connectivity index is 2.36. The number of benzene rings is 3. The third-order valence-electron chi connectivity index (χ3n) is 4.35. The van der Waals surface area contributed by atoms with Crippen molar-refractivity contribution in [2.24, 2.45) is 0 Å². The van der Waals surface area contributed by atoms with Gasteiger partial charge in [0.05, 0.1) is 23.3 Å². The smallest absolute Gasteiger partial charge is 0.0998 e. The lowest BCUT2D eigenvalue weighted by Crippen LogP contribution is -2.26. The minimum Gasteiger partial charge on any atom is -0.192 e. The van der Waals surface area contributed by atoms with E-state index >= 15 is 0 Å². The molecule has 0 atom stereocenters. The van der Waals surface area contributed by atoms with Crippen LogP contribution in [0.1, 0.15) is 22.3 Å². The Bertz CT molecular complexity index is 952. The first-order valence-electron chi connectivity index (χ1n) is 8.02. The van der Waals surface area contributed by atoms with Crippen molar-refractivity contribution in [3.8, 4) is 12.1 Å². The van der Waals surface area contributed by atoms with E-state index in [0.29, 0.717) is 11.1 Å². The van der Waals surface area contributed by atoms with E-state index in [-0.39, 0.29) is 0 Å². The molecule has 0 heterocycles. The standard InChI is InChI=1S/C22H17N2P/c1-16-8-7-13-20(17(16)2)25(21-11-5-3-9-18(21)14-23)22-12-6-4-10-19(22)15-24/h3-13H,1-2H3. The second kappa shape index (κ2) is 7.31. The van der Waals surface area contributed by atoms with Crippen LogP contribution < -0.4 is 15.9 Å². The van der Waals surface area contributed by atoms with Crippen molar-refractivity contribution >= 4 is 23.8 Å². The average molecular weight is 340 g/mol. The van der Waals surface area contributed by atoms with Crippen molar-refractivity contribution in [2.75, 3.05) is 0 Å². The van der Waals surface area contributed by atoms with Crippen LogP contribution in [0.15, 0.2) is 66.7 Å². The highest BCUT2D eigenvalue weighted by Crippen LogP contribution is 2.36. The average Bonchev–Trinajstić information content (AvgIpc) is 2.66. The third-order valence-corrected chi connectivity index (χ3v) is 7.06. The zero-order chi connectivity index (χ0) is 17.8. The number of aryl methyl sites for hydroxylation is 1. The Morgan fingerprint density at radius 3 is 1.64 bits per heavy atom. The molecule has 3 heteroatoms. The van der Waals surface area contributed by atoms with E-state index in [1.807, 2.05) is 48.5 Å². The molecule has 0 saturated carbocycles. The molecule has 3 aromatic rings. The van der Waals surface area contributed by atoms with E-state index in [2.05, 4.69) is 44.2 Å². The molecule has 0 aliphatic heterocycles.